The summed E-state index contributed by atoms with van der Waals surface area (Å²) < 4.78 is 32.4. The number of nitrogens with zero attached hydrogens (tertiary/aromatic N) is 2. The van der Waals surface area contributed by atoms with E-state index in [1.807, 2.05) is 7.05 Å². The van der Waals surface area contributed by atoms with Crippen molar-refractivity contribution in [1.29, 1.82) is 0 Å². The van der Waals surface area contributed by atoms with Crippen LogP contribution in [0.5, 0.6) is 0 Å². The molecule has 2 aliphatic rings. The van der Waals surface area contributed by atoms with Gasteiger partial charge in [-0.25, -0.2) is 13.6 Å². The van der Waals surface area contributed by atoms with E-state index in [4.69, 9.17) is 4.74 Å². The number of nitrogens with one attached hydrogen (secondary N) is 2. The maximum absolute atomic E-state index is 13.7. The molecule has 1 unspecified atom stereocenters. The number of fused-ring (bicyclic) bond motifs is 1. The Hall–Kier alpha value is -2.91. The summed E-state index contributed by atoms with van der Waals surface area (Å²) in [5, 5.41) is 16.8. The van der Waals surface area contributed by atoms with Crippen molar-refractivity contribution in [3.05, 3.63) is 59.2 Å². The van der Waals surface area contributed by atoms with Crippen molar-refractivity contribution in [3.8, 4) is 0 Å². The summed E-state index contributed by atoms with van der Waals surface area (Å²) in [7, 11) is 3.58. The molecule has 9 heteroatoms. The number of carbonyl (C=O) groups is 1. The van der Waals surface area contributed by atoms with Gasteiger partial charge in [0.2, 0.25) is 0 Å². The molecule has 184 valence electrons. The third-order valence-corrected chi connectivity index (χ3v) is 7.10. The average molecular weight is 475 g/mol. The molecule has 1 spiro atoms. The molecule has 2 amide bonds. The van der Waals surface area contributed by atoms with Gasteiger partial charge < -0.3 is 30.3 Å². The Kier molecular flexibility index (Phi) is 7.23. The first-order valence-corrected chi connectivity index (χ1v) is 11.6. The summed E-state index contributed by atoms with van der Waals surface area (Å²) in [6.07, 6.45) is 1.17. The van der Waals surface area contributed by atoms with Gasteiger partial charge in [0.25, 0.3) is 0 Å². The molecule has 3 N–H and O–H groups in total. The van der Waals surface area contributed by atoms with E-state index < -0.39 is 6.10 Å². The molecular weight excluding hydrogens is 442 g/mol. The van der Waals surface area contributed by atoms with Gasteiger partial charge in [-0.2, -0.15) is 0 Å². The third-order valence-electron chi connectivity index (χ3n) is 7.10. The number of aliphatic hydroxyl groups is 1. The minimum Gasteiger partial charge on any atom is -0.388 e. The molecule has 0 aliphatic carbocycles. The van der Waals surface area contributed by atoms with Crippen molar-refractivity contribution in [1.82, 2.24) is 10.2 Å². The highest BCUT2D eigenvalue weighted by Crippen LogP contribution is 2.46. The number of methoxy groups -OCH3 is 1. The lowest BCUT2D eigenvalue weighted by atomic mass is 9.76. The second-order valence-electron chi connectivity index (χ2n) is 9.07. The van der Waals surface area contributed by atoms with Crippen LogP contribution in [0.15, 0.2) is 36.4 Å². The van der Waals surface area contributed by atoms with E-state index in [1.165, 1.54) is 24.3 Å². The first-order chi connectivity index (χ1) is 16.3. The van der Waals surface area contributed by atoms with E-state index >= 15 is 0 Å². The molecule has 2 aromatic rings. The van der Waals surface area contributed by atoms with Gasteiger partial charge in [0, 0.05) is 69.2 Å². The van der Waals surface area contributed by atoms with Crippen LogP contribution in [0.25, 0.3) is 0 Å². The molecule has 2 aromatic carbocycles. The van der Waals surface area contributed by atoms with Crippen LogP contribution in [0.2, 0.25) is 0 Å². The topological polar surface area (TPSA) is 77.1 Å². The van der Waals surface area contributed by atoms with Gasteiger partial charge in [0.1, 0.15) is 11.6 Å². The van der Waals surface area contributed by atoms with E-state index in [-0.39, 0.29) is 29.7 Å². The number of hydrogen-bond acceptors (Lipinski definition) is 5. The van der Waals surface area contributed by atoms with Crippen LogP contribution < -0.4 is 15.5 Å². The largest absolute Gasteiger partial charge is 0.388 e. The van der Waals surface area contributed by atoms with Gasteiger partial charge in [0.05, 0.1) is 12.7 Å². The van der Waals surface area contributed by atoms with Crippen LogP contribution in [-0.2, 0) is 11.3 Å². The van der Waals surface area contributed by atoms with Gasteiger partial charge in [-0.1, -0.05) is 6.07 Å². The number of carbonyl (C=O) groups excluding carboxylic acids is 1. The van der Waals surface area contributed by atoms with Crippen molar-refractivity contribution in [2.24, 2.45) is 0 Å². The molecule has 2 heterocycles. The minimum atomic E-state index is -0.732. The summed E-state index contributed by atoms with van der Waals surface area (Å²) in [4.78, 5) is 16.8. The molecule has 7 nitrogen and oxygen atoms in total. The van der Waals surface area contributed by atoms with E-state index in [9.17, 15) is 18.7 Å². The monoisotopic (exact) mass is 474 g/mol. The number of aliphatic hydroxyl groups excluding tert-OH is 1. The fraction of sp³-hybridized carbons (Fsp3) is 0.480. The number of urea groups is 1. The van der Waals surface area contributed by atoms with Gasteiger partial charge >= 0.3 is 6.03 Å². The quantitative estimate of drug-likeness (QED) is 0.558. The number of amides is 2. The smallest absolute Gasteiger partial charge is 0.317 e. The van der Waals surface area contributed by atoms with Crippen LogP contribution in [0.3, 0.4) is 0 Å². The number of ether oxygens (including phenoxy) is 1. The first-order valence-electron chi connectivity index (χ1n) is 11.6. The lowest BCUT2D eigenvalue weighted by molar-refractivity contribution is 0.0852. The Bertz CT molecular complexity index is 1030. The fourth-order valence-electron chi connectivity index (χ4n) is 5.06. The van der Waals surface area contributed by atoms with E-state index in [1.54, 1.807) is 24.1 Å². The zero-order chi connectivity index (χ0) is 24.3. The van der Waals surface area contributed by atoms with Gasteiger partial charge in [0.15, 0.2) is 0 Å². The second kappa shape index (κ2) is 10.1. The molecule has 1 fully saturated rings. The zero-order valence-electron chi connectivity index (χ0n) is 19.6. The number of hydrogen-bond donors (Lipinski definition) is 3. The Morgan fingerprint density at radius 2 is 1.88 bits per heavy atom. The maximum atomic E-state index is 13.7. The summed E-state index contributed by atoms with van der Waals surface area (Å²) in [5.41, 5.74) is 2.59. The number of halogens is 2. The Morgan fingerprint density at radius 3 is 2.62 bits per heavy atom. The SMILES string of the molecule is COCCNc1cc(F)ccc1CNC(=O)N1CCC2(CC1)CC(O)c1cc(F)ccc1N2C. The van der Waals surface area contributed by atoms with Crippen LogP contribution in [-0.4, -0.2) is 62.0 Å². The molecule has 0 bridgehead atoms. The van der Waals surface area contributed by atoms with Crippen molar-refractivity contribution in [2.75, 3.05) is 50.6 Å². The van der Waals surface area contributed by atoms with Gasteiger partial charge in [-0.3, -0.25) is 0 Å². The highest BCUT2D eigenvalue weighted by atomic mass is 19.1. The summed E-state index contributed by atoms with van der Waals surface area (Å²) in [6, 6.07) is 8.81. The number of rotatable bonds is 6. The highest BCUT2D eigenvalue weighted by molar-refractivity contribution is 5.74. The molecule has 34 heavy (non-hydrogen) atoms. The van der Waals surface area contributed by atoms with Crippen LogP contribution in [0, 0.1) is 11.6 Å². The Balaban J connectivity index is 1.36. The first kappa shape index (κ1) is 24.2. The van der Waals surface area contributed by atoms with Crippen molar-refractivity contribution in [3.63, 3.8) is 0 Å². The van der Waals surface area contributed by atoms with Crippen molar-refractivity contribution < 1.29 is 23.4 Å². The van der Waals surface area contributed by atoms with E-state index in [0.717, 1.165) is 11.3 Å². The lowest BCUT2D eigenvalue weighted by Crippen LogP contribution is -2.58. The summed E-state index contributed by atoms with van der Waals surface area (Å²) in [6.45, 7) is 2.38. The van der Waals surface area contributed by atoms with Crippen LogP contribution >= 0.6 is 0 Å². The molecule has 1 atom stereocenters. The number of anilines is 2. The fourth-order valence-corrected chi connectivity index (χ4v) is 5.06. The summed E-state index contributed by atoms with van der Waals surface area (Å²) in [5.74, 6) is -0.703. The van der Waals surface area contributed by atoms with Crippen LogP contribution in [0.1, 0.15) is 36.5 Å². The molecule has 2 aliphatic heterocycles. The number of likely N-dealkylation sites (tertiary alicyclic amines) is 1. The minimum absolute atomic E-state index is 0.177. The van der Waals surface area contributed by atoms with Crippen LogP contribution in [0.4, 0.5) is 25.0 Å². The second-order valence-corrected chi connectivity index (χ2v) is 9.07. The van der Waals surface area contributed by atoms with E-state index in [0.29, 0.717) is 56.8 Å². The molecule has 0 radical (unpaired) electrons. The number of benzene rings is 2. The number of piperidine rings is 1. The summed E-state index contributed by atoms with van der Waals surface area (Å²) >= 11 is 0. The Labute approximate surface area is 198 Å². The van der Waals surface area contributed by atoms with Gasteiger partial charge in [-0.05, 0) is 48.7 Å². The normalized spacial score (nSPS) is 19.1. The molecular formula is C25H32F2N4O3. The Morgan fingerprint density at radius 1 is 1.18 bits per heavy atom. The highest BCUT2D eigenvalue weighted by Gasteiger charge is 2.45. The molecule has 1 saturated heterocycles. The van der Waals surface area contributed by atoms with Crippen molar-refractivity contribution >= 4 is 17.4 Å². The van der Waals surface area contributed by atoms with Crippen molar-refractivity contribution in [2.45, 2.75) is 37.5 Å². The third kappa shape index (κ3) is 4.95. The zero-order valence-corrected chi connectivity index (χ0v) is 19.6. The predicted octanol–water partition coefficient (Wildman–Crippen LogP) is 3.64. The molecule has 0 aromatic heterocycles. The lowest BCUT2D eigenvalue weighted by Gasteiger charge is -2.52. The molecule has 4 rings (SSSR count). The predicted molar refractivity (Wildman–Crippen MR) is 127 cm³/mol. The van der Waals surface area contributed by atoms with Gasteiger partial charge in [-0.15, -0.1) is 0 Å². The molecule has 0 saturated carbocycles. The maximum Gasteiger partial charge on any atom is 0.317 e. The standard InChI is InChI=1S/C25H32F2N4O3/c1-30-22-6-5-18(26)13-20(22)23(32)15-25(30)7-10-31(11-8-25)24(33)29-16-17-3-4-19(27)14-21(17)28-9-12-34-2/h3-6,13-14,23,28,32H,7-12,15-16H2,1-2H3,(H,29,33). The average Bonchev–Trinajstić information content (AvgIpc) is 2.82. The van der Waals surface area contributed by atoms with E-state index in [2.05, 4.69) is 15.5 Å².